The van der Waals surface area contributed by atoms with Crippen molar-refractivity contribution in [2.24, 2.45) is 0 Å². The van der Waals surface area contributed by atoms with Gasteiger partial charge in [-0.2, -0.15) is 5.26 Å². The van der Waals surface area contributed by atoms with Crippen LogP contribution in [0.5, 0.6) is 0 Å². The molecule has 0 saturated carbocycles. The molecular weight excluding hydrogens is 196 g/mol. The molecule has 6 heteroatoms. The zero-order valence-electron chi connectivity index (χ0n) is 9.04. The minimum atomic E-state index is -0.763. The van der Waals surface area contributed by atoms with Crippen molar-refractivity contribution in [1.29, 1.82) is 5.26 Å². The third-order valence-electron chi connectivity index (χ3n) is 1.60. The first-order chi connectivity index (χ1) is 7.07. The molecule has 0 aromatic rings. The van der Waals surface area contributed by atoms with E-state index in [0.717, 1.165) is 13.0 Å². The van der Waals surface area contributed by atoms with Crippen molar-refractivity contribution in [3.8, 4) is 6.07 Å². The smallest absolute Gasteiger partial charge is 0.310 e. The molecule has 0 aliphatic rings. The van der Waals surface area contributed by atoms with Crippen molar-refractivity contribution in [3.05, 3.63) is 0 Å². The maximum absolute atomic E-state index is 11.0. The summed E-state index contributed by atoms with van der Waals surface area (Å²) >= 11 is 0. The Morgan fingerprint density at radius 3 is 2.40 bits per heavy atom. The van der Waals surface area contributed by atoms with Crippen LogP contribution in [0.1, 0.15) is 6.42 Å². The molecule has 0 aromatic heterocycles. The highest BCUT2D eigenvalue weighted by Crippen LogP contribution is 1.80. The van der Waals surface area contributed by atoms with Gasteiger partial charge >= 0.3 is 11.8 Å². The van der Waals surface area contributed by atoms with Gasteiger partial charge in [-0.3, -0.25) is 9.59 Å². The Kier molecular flexibility index (Phi) is 6.93. The van der Waals surface area contributed by atoms with Gasteiger partial charge in [0.2, 0.25) is 0 Å². The van der Waals surface area contributed by atoms with Gasteiger partial charge in [0.1, 0.15) is 6.54 Å². The SMILES string of the molecule is CN(C)CCCNC(=O)C(=O)NCC#N. The molecule has 0 atom stereocenters. The molecule has 2 amide bonds. The Bertz CT molecular complexity index is 257. The van der Waals surface area contributed by atoms with Crippen LogP contribution in [0.3, 0.4) is 0 Å². The number of nitriles is 1. The molecule has 0 fully saturated rings. The lowest BCUT2D eigenvalue weighted by Gasteiger charge is -2.09. The number of carbonyl (C=O) groups is 2. The predicted molar refractivity (Wildman–Crippen MR) is 54.8 cm³/mol. The molecule has 6 nitrogen and oxygen atoms in total. The predicted octanol–water partition coefficient (Wildman–Crippen LogP) is -1.31. The fourth-order valence-electron chi connectivity index (χ4n) is 0.878. The quantitative estimate of drug-likeness (QED) is 0.337. The summed E-state index contributed by atoms with van der Waals surface area (Å²) in [5.74, 6) is -1.45. The molecule has 0 unspecified atom stereocenters. The van der Waals surface area contributed by atoms with Gasteiger partial charge in [0.15, 0.2) is 0 Å². The van der Waals surface area contributed by atoms with Crippen LogP contribution in [0.25, 0.3) is 0 Å². The van der Waals surface area contributed by atoms with Crippen molar-refractivity contribution < 1.29 is 9.59 Å². The van der Waals surface area contributed by atoms with Crippen molar-refractivity contribution >= 4 is 11.8 Å². The molecule has 0 spiro atoms. The van der Waals surface area contributed by atoms with Gasteiger partial charge in [0, 0.05) is 6.54 Å². The van der Waals surface area contributed by atoms with Crippen LogP contribution < -0.4 is 10.6 Å². The number of hydrogen-bond acceptors (Lipinski definition) is 4. The lowest BCUT2D eigenvalue weighted by Crippen LogP contribution is -2.40. The van der Waals surface area contributed by atoms with Gasteiger partial charge in [-0.1, -0.05) is 0 Å². The molecular formula is C9H16N4O2. The second kappa shape index (κ2) is 7.76. The van der Waals surface area contributed by atoms with Crippen molar-refractivity contribution in [2.75, 3.05) is 33.7 Å². The van der Waals surface area contributed by atoms with E-state index >= 15 is 0 Å². The summed E-state index contributed by atoms with van der Waals surface area (Å²) in [4.78, 5) is 24.0. The van der Waals surface area contributed by atoms with E-state index in [-0.39, 0.29) is 6.54 Å². The number of amides is 2. The highest BCUT2D eigenvalue weighted by molar-refractivity contribution is 6.35. The summed E-state index contributed by atoms with van der Waals surface area (Å²) in [5.41, 5.74) is 0. The van der Waals surface area contributed by atoms with Crippen molar-refractivity contribution in [1.82, 2.24) is 15.5 Å². The molecule has 0 aliphatic carbocycles. The molecule has 0 aliphatic heterocycles. The molecule has 0 aromatic carbocycles. The lowest BCUT2D eigenvalue weighted by atomic mass is 10.4. The maximum atomic E-state index is 11.0. The van der Waals surface area contributed by atoms with Crippen LogP contribution in [-0.4, -0.2) is 50.4 Å². The Morgan fingerprint density at radius 1 is 1.27 bits per heavy atom. The Balaban J connectivity index is 3.57. The average molecular weight is 212 g/mol. The van der Waals surface area contributed by atoms with Crippen LogP contribution in [-0.2, 0) is 9.59 Å². The monoisotopic (exact) mass is 212 g/mol. The molecule has 2 N–H and O–H groups in total. The van der Waals surface area contributed by atoms with Crippen LogP contribution in [0.2, 0.25) is 0 Å². The van der Waals surface area contributed by atoms with E-state index in [1.165, 1.54) is 0 Å². The van der Waals surface area contributed by atoms with Gasteiger partial charge in [-0.25, -0.2) is 0 Å². The second-order valence-corrected chi connectivity index (χ2v) is 3.25. The summed E-state index contributed by atoms with van der Waals surface area (Å²) in [6, 6.07) is 1.72. The zero-order chi connectivity index (χ0) is 11.7. The van der Waals surface area contributed by atoms with Gasteiger partial charge in [0.05, 0.1) is 6.07 Å². The van der Waals surface area contributed by atoms with Crippen molar-refractivity contribution in [3.63, 3.8) is 0 Å². The molecule has 0 heterocycles. The average Bonchev–Trinajstić information content (AvgIpc) is 2.20. The molecule has 0 rings (SSSR count). The first kappa shape index (κ1) is 13.4. The van der Waals surface area contributed by atoms with E-state index < -0.39 is 11.8 Å². The van der Waals surface area contributed by atoms with E-state index in [2.05, 4.69) is 10.6 Å². The van der Waals surface area contributed by atoms with Gasteiger partial charge < -0.3 is 15.5 Å². The minimum absolute atomic E-state index is 0.149. The topological polar surface area (TPSA) is 85.2 Å². The molecule has 0 radical (unpaired) electrons. The molecule has 0 saturated heterocycles. The van der Waals surface area contributed by atoms with Crippen molar-refractivity contribution in [2.45, 2.75) is 6.42 Å². The first-order valence-electron chi connectivity index (χ1n) is 4.65. The van der Waals surface area contributed by atoms with E-state index in [1.807, 2.05) is 19.0 Å². The van der Waals surface area contributed by atoms with Crippen LogP contribution in [0, 0.1) is 11.3 Å². The lowest BCUT2D eigenvalue weighted by molar-refractivity contribution is -0.139. The standard InChI is InChI=1S/C9H16N4O2/c1-13(2)7-3-5-11-8(14)9(15)12-6-4-10/h3,5-7H2,1-2H3,(H,11,14)(H,12,15). The normalized spacial score (nSPS) is 9.47. The van der Waals surface area contributed by atoms with Gasteiger partial charge in [0.25, 0.3) is 0 Å². The number of nitrogens with zero attached hydrogens (tertiary/aromatic N) is 2. The number of nitrogens with one attached hydrogen (secondary N) is 2. The highest BCUT2D eigenvalue weighted by atomic mass is 16.2. The van der Waals surface area contributed by atoms with Gasteiger partial charge in [-0.15, -0.1) is 0 Å². The maximum Gasteiger partial charge on any atom is 0.310 e. The highest BCUT2D eigenvalue weighted by Gasteiger charge is 2.10. The Hall–Kier alpha value is -1.61. The van der Waals surface area contributed by atoms with Gasteiger partial charge in [-0.05, 0) is 27.1 Å². The third-order valence-corrected chi connectivity index (χ3v) is 1.60. The number of carbonyl (C=O) groups excluding carboxylic acids is 2. The number of rotatable bonds is 5. The summed E-state index contributed by atoms with van der Waals surface area (Å²) in [6.07, 6.45) is 0.782. The Morgan fingerprint density at radius 2 is 1.87 bits per heavy atom. The Labute approximate surface area is 89.2 Å². The fraction of sp³-hybridized carbons (Fsp3) is 0.667. The molecule has 0 bridgehead atoms. The minimum Gasteiger partial charge on any atom is -0.348 e. The third kappa shape index (κ3) is 7.46. The summed E-state index contributed by atoms with van der Waals surface area (Å²) in [6.45, 7) is 1.15. The van der Waals surface area contributed by atoms with E-state index in [0.29, 0.717) is 6.54 Å². The summed E-state index contributed by atoms with van der Waals surface area (Å²) in [5, 5.41) is 12.8. The summed E-state index contributed by atoms with van der Waals surface area (Å²) < 4.78 is 0. The second-order valence-electron chi connectivity index (χ2n) is 3.25. The molecule has 15 heavy (non-hydrogen) atoms. The summed E-state index contributed by atoms with van der Waals surface area (Å²) in [7, 11) is 3.86. The fourth-order valence-corrected chi connectivity index (χ4v) is 0.878. The molecule has 84 valence electrons. The van der Waals surface area contributed by atoms with Crippen LogP contribution >= 0.6 is 0 Å². The van der Waals surface area contributed by atoms with E-state index in [9.17, 15) is 9.59 Å². The number of hydrogen-bond donors (Lipinski definition) is 2. The van der Waals surface area contributed by atoms with E-state index in [4.69, 9.17) is 5.26 Å². The first-order valence-corrected chi connectivity index (χ1v) is 4.65. The largest absolute Gasteiger partial charge is 0.348 e. The van der Waals surface area contributed by atoms with Crippen LogP contribution in [0.15, 0.2) is 0 Å². The van der Waals surface area contributed by atoms with Crippen LogP contribution in [0.4, 0.5) is 0 Å². The zero-order valence-corrected chi connectivity index (χ0v) is 9.04. The van der Waals surface area contributed by atoms with E-state index in [1.54, 1.807) is 6.07 Å².